The van der Waals surface area contributed by atoms with Crippen molar-refractivity contribution in [1.82, 2.24) is 15.2 Å². The van der Waals surface area contributed by atoms with Gasteiger partial charge in [-0.1, -0.05) is 41.9 Å². The van der Waals surface area contributed by atoms with E-state index in [9.17, 15) is 4.79 Å². The number of aromatic nitrogens is 2. The normalized spacial score (nSPS) is 10.9. The van der Waals surface area contributed by atoms with E-state index in [0.717, 1.165) is 22.6 Å². The average molecular weight is 431 g/mol. The molecular formula is C24H19ClN4O2. The molecule has 0 unspecified atom stereocenters. The van der Waals surface area contributed by atoms with Gasteiger partial charge in [-0.25, -0.2) is 10.1 Å². The first kappa shape index (κ1) is 20.4. The summed E-state index contributed by atoms with van der Waals surface area (Å²) in [7, 11) is 1.62. The Morgan fingerprint density at radius 1 is 1.03 bits per heavy atom. The van der Waals surface area contributed by atoms with Crippen LogP contribution in [0.1, 0.15) is 16.1 Å². The van der Waals surface area contributed by atoms with Crippen LogP contribution in [0.25, 0.3) is 16.9 Å². The Morgan fingerprint density at radius 2 is 1.74 bits per heavy atom. The van der Waals surface area contributed by atoms with Gasteiger partial charge in [-0.05, 0) is 60.2 Å². The summed E-state index contributed by atoms with van der Waals surface area (Å²) in [5, 5.41) is 9.35. The van der Waals surface area contributed by atoms with Crippen LogP contribution < -0.4 is 10.2 Å². The lowest BCUT2D eigenvalue weighted by Crippen LogP contribution is -2.21. The van der Waals surface area contributed by atoms with E-state index in [0.29, 0.717) is 16.4 Å². The summed E-state index contributed by atoms with van der Waals surface area (Å²) >= 11 is 5.89. The van der Waals surface area contributed by atoms with Crippen molar-refractivity contribution >= 4 is 23.7 Å². The number of carbonyl (C=O) groups is 1. The molecule has 0 radical (unpaired) electrons. The first-order valence-corrected chi connectivity index (χ1v) is 9.91. The molecule has 1 heterocycles. The van der Waals surface area contributed by atoms with E-state index < -0.39 is 0 Å². The SMILES string of the molecule is COc1ccc(-c2cc(C(=O)NN=Cc3ccc(Cl)cc3)n(-c3ccccc3)n2)cc1. The zero-order chi connectivity index (χ0) is 21.6. The van der Waals surface area contributed by atoms with Crippen LogP contribution in [-0.2, 0) is 0 Å². The van der Waals surface area contributed by atoms with Crippen LogP contribution in [0.3, 0.4) is 0 Å². The topological polar surface area (TPSA) is 68.5 Å². The highest BCUT2D eigenvalue weighted by atomic mass is 35.5. The number of para-hydroxylation sites is 1. The fourth-order valence-corrected chi connectivity index (χ4v) is 3.11. The molecule has 4 aromatic rings. The second-order valence-electron chi connectivity index (χ2n) is 6.64. The van der Waals surface area contributed by atoms with Crippen molar-refractivity contribution in [3.8, 4) is 22.7 Å². The number of amides is 1. The van der Waals surface area contributed by atoms with Crippen molar-refractivity contribution in [1.29, 1.82) is 0 Å². The molecule has 0 aliphatic heterocycles. The van der Waals surface area contributed by atoms with Gasteiger partial charge in [0.1, 0.15) is 11.4 Å². The van der Waals surface area contributed by atoms with Gasteiger partial charge in [0.15, 0.2) is 0 Å². The highest BCUT2D eigenvalue weighted by Gasteiger charge is 2.17. The van der Waals surface area contributed by atoms with Gasteiger partial charge >= 0.3 is 0 Å². The largest absolute Gasteiger partial charge is 0.497 e. The van der Waals surface area contributed by atoms with Crippen LogP contribution in [-0.4, -0.2) is 29.0 Å². The molecule has 1 aromatic heterocycles. The molecule has 3 aromatic carbocycles. The first-order valence-electron chi connectivity index (χ1n) is 9.53. The molecule has 0 aliphatic carbocycles. The third kappa shape index (κ3) is 4.82. The molecule has 154 valence electrons. The number of rotatable bonds is 6. The Morgan fingerprint density at radius 3 is 2.42 bits per heavy atom. The average Bonchev–Trinajstić information content (AvgIpc) is 3.27. The van der Waals surface area contributed by atoms with Crippen LogP contribution >= 0.6 is 11.6 Å². The number of carbonyl (C=O) groups excluding carboxylic acids is 1. The summed E-state index contributed by atoms with van der Waals surface area (Å²) in [5.74, 6) is 0.377. The number of nitrogens with zero attached hydrogens (tertiary/aromatic N) is 3. The highest BCUT2D eigenvalue weighted by molar-refractivity contribution is 6.30. The number of benzene rings is 3. The van der Waals surface area contributed by atoms with E-state index in [4.69, 9.17) is 16.3 Å². The molecule has 0 fully saturated rings. The zero-order valence-electron chi connectivity index (χ0n) is 16.7. The Balaban J connectivity index is 1.63. The van der Waals surface area contributed by atoms with Crippen molar-refractivity contribution < 1.29 is 9.53 Å². The minimum atomic E-state index is -0.374. The standard InChI is InChI=1S/C24H19ClN4O2/c1-31-21-13-9-18(10-14-21)22-15-23(29(28-22)20-5-3-2-4-6-20)24(30)27-26-16-17-7-11-19(25)12-8-17/h2-16H,1H3,(H,27,30). The Bertz CT molecular complexity index is 1200. The summed E-state index contributed by atoms with van der Waals surface area (Å²) in [5.41, 5.74) is 6.06. The molecule has 0 saturated carbocycles. The number of hydrogen-bond donors (Lipinski definition) is 1. The van der Waals surface area contributed by atoms with Gasteiger partial charge in [-0.15, -0.1) is 0 Å². The van der Waals surface area contributed by atoms with Crippen LogP contribution in [0.15, 0.2) is 90.0 Å². The van der Waals surface area contributed by atoms with E-state index in [1.165, 1.54) is 0 Å². The fraction of sp³-hybridized carbons (Fsp3) is 0.0417. The van der Waals surface area contributed by atoms with Crippen molar-refractivity contribution in [3.05, 3.63) is 101 Å². The van der Waals surface area contributed by atoms with Crippen LogP contribution in [0.2, 0.25) is 5.02 Å². The summed E-state index contributed by atoms with van der Waals surface area (Å²) in [6, 6.07) is 25.9. The van der Waals surface area contributed by atoms with Crippen LogP contribution in [0, 0.1) is 0 Å². The monoisotopic (exact) mass is 430 g/mol. The predicted octanol–water partition coefficient (Wildman–Crippen LogP) is 4.97. The summed E-state index contributed by atoms with van der Waals surface area (Å²) in [6.45, 7) is 0. The van der Waals surface area contributed by atoms with E-state index in [1.54, 1.807) is 36.2 Å². The summed E-state index contributed by atoms with van der Waals surface area (Å²) in [4.78, 5) is 12.9. The van der Waals surface area contributed by atoms with Crippen molar-refractivity contribution in [2.75, 3.05) is 7.11 Å². The maximum atomic E-state index is 12.9. The minimum absolute atomic E-state index is 0.366. The van der Waals surface area contributed by atoms with Crippen LogP contribution in [0.4, 0.5) is 0 Å². The second-order valence-corrected chi connectivity index (χ2v) is 7.08. The molecular weight excluding hydrogens is 412 g/mol. The predicted molar refractivity (Wildman–Crippen MR) is 122 cm³/mol. The van der Waals surface area contributed by atoms with Crippen molar-refractivity contribution in [3.63, 3.8) is 0 Å². The van der Waals surface area contributed by atoms with E-state index >= 15 is 0 Å². The molecule has 31 heavy (non-hydrogen) atoms. The number of ether oxygens (including phenoxy) is 1. The quantitative estimate of drug-likeness (QED) is 0.347. The number of halogens is 1. The molecule has 0 spiro atoms. The van der Waals surface area contributed by atoms with Gasteiger partial charge < -0.3 is 4.74 Å². The number of hydrogen-bond acceptors (Lipinski definition) is 4. The smallest absolute Gasteiger partial charge is 0.290 e. The first-order chi connectivity index (χ1) is 15.1. The molecule has 0 bridgehead atoms. The maximum absolute atomic E-state index is 12.9. The van der Waals surface area contributed by atoms with Gasteiger partial charge in [0, 0.05) is 10.6 Å². The Kier molecular flexibility index (Phi) is 6.10. The van der Waals surface area contributed by atoms with E-state index in [1.807, 2.05) is 66.7 Å². The number of hydrazone groups is 1. The molecule has 4 rings (SSSR count). The van der Waals surface area contributed by atoms with Gasteiger partial charge in [-0.2, -0.15) is 10.2 Å². The number of methoxy groups -OCH3 is 1. The minimum Gasteiger partial charge on any atom is -0.497 e. The van der Waals surface area contributed by atoms with Crippen LogP contribution in [0.5, 0.6) is 5.75 Å². The second kappa shape index (κ2) is 9.28. The molecule has 0 saturated heterocycles. The summed E-state index contributed by atoms with van der Waals surface area (Å²) in [6.07, 6.45) is 1.56. The lowest BCUT2D eigenvalue weighted by atomic mass is 10.1. The molecule has 6 nitrogen and oxygen atoms in total. The Labute approximate surface area is 184 Å². The lowest BCUT2D eigenvalue weighted by molar-refractivity contribution is 0.0947. The third-order valence-electron chi connectivity index (χ3n) is 4.58. The van der Waals surface area contributed by atoms with Gasteiger partial charge in [0.05, 0.1) is 24.7 Å². The summed E-state index contributed by atoms with van der Waals surface area (Å²) < 4.78 is 6.82. The number of nitrogens with one attached hydrogen (secondary N) is 1. The maximum Gasteiger partial charge on any atom is 0.290 e. The Hall–Kier alpha value is -3.90. The molecule has 1 amide bonds. The fourth-order valence-electron chi connectivity index (χ4n) is 2.98. The van der Waals surface area contributed by atoms with Gasteiger partial charge in [-0.3, -0.25) is 4.79 Å². The molecule has 1 N–H and O–H groups in total. The van der Waals surface area contributed by atoms with E-state index in [-0.39, 0.29) is 5.91 Å². The highest BCUT2D eigenvalue weighted by Crippen LogP contribution is 2.24. The van der Waals surface area contributed by atoms with E-state index in [2.05, 4.69) is 15.6 Å². The molecule has 0 atom stereocenters. The zero-order valence-corrected chi connectivity index (χ0v) is 17.5. The molecule has 7 heteroatoms. The van der Waals surface area contributed by atoms with Crippen molar-refractivity contribution in [2.24, 2.45) is 5.10 Å². The molecule has 0 aliphatic rings. The lowest BCUT2D eigenvalue weighted by Gasteiger charge is -2.06. The van der Waals surface area contributed by atoms with Crippen molar-refractivity contribution in [2.45, 2.75) is 0 Å². The van der Waals surface area contributed by atoms with Gasteiger partial charge in [0.2, 0.25) is 0 Å². The third-order valence-corrected chi connectivity index (χ3v) is 4.83. The van der Waals surface area contributed by atoms with Gasteiger partial charge in [0.25, 0.3) is 5.91 Å².